The van der Waals surface area contributed by atoms with Crippen LogP contribution in [0.5, 0.6) is 0 Å². The number of hydrogen-bond acceptors (Lipinski definition) is 7. The zero-order valence-electron chi connectivity index (χ0n) is 16.9. The van der Waals surface area contributed by atoms with Gasteiger partial charge in [-0.15, -0.1) is 0 Å². The lowest BCUT2D eigenvalue weighted by Gasteiger charge is -2.38. The Hall–Kier alpha value is -2.80. The van der Waals surface area contributed by atoms with Crippen LogP contribution >= 0.6 is 0 Å². The number of aromatic nitrogens is 4. The molecule has 28 heavy (non-hydrogen) atoms. The number of nitrogens with zero attached hydrogens (tertiary/aromatic N) is 5. The lowest BCUT2D eigenvalue weighted by Crippen LogP contribution is -2.46. The summed E-state index contributed by atoms with van der Waals surface area (Å²) in [5.41, 5.74) is 8.82. The van der Waals surface area contributed by atoms with Crippen LogP contribution in [0.4, 0.5) is 11.8 Å². The number of fused-ring (bicyclic) bond motifs is 1. The molecule has 1 atom stereocenters. The molecule has 1 aliphatic heterocycles. The molecule has 4 heterocycles. The molecule has 0 unspecified atom stereocenters. The van der Waals surface area contributed by atoms with Gasteiger partial charge in [-0.25, -0.2) is 15.0 Å². The molecule has 3 aromatic rings. The van der Waals surface area contributed by atoms with Gasteiger partial charge in [0.15, 0.2) is 0 Å². The summed E-state index contributed by atoms with van der Waals surface area (Å²) < 4.78 is 0. The predicted molar refractivity (Wildman–Crippen MR) is 113 cm³/mol. The van der Waals surface area contributed by atoms with E-state index < -0.39 is 5.54 Å². The molecule has 1 fully saturated rings. The van der Waals surface area contributed by atoms with E-state index in [-0.39, 0.29) is 0 Å². The SMILES string of the molecule is CNc1ncc(C(C)(C)N)c2cc(Cc3ccnc(N4CC[C@@H]4C)n3)ncc12. The van der Waals surface area contributed by atoms with Crippen LogP contribution in [0.1, 0.15) is 44.1 Å². The largest absolute Gasteiger partial charge is 0.373 e. The van der Waals surface area contributed by atoms with E-state index >= 15 is 0 Å². The van der Waals surface area contributed by atoms with Gasteiger partial charge >= 0.3 is 0 Å². The summed E-state index contributed by atoms with van der Waals surface area (Å²) in [4.78, 5) is 20.6. The van der Waals surface area contributed by atoms with E-state index in [1.54, 1.807) is 0 Å². The van der Waals surface area contributed by atoms with Crippen molar-refractivity contribution in [1.29, 1.82) is 0 Å². The summed E-state index contributed by atoms with van der Waals surface area (Å²) in [6.45, 7) is 7.21. The van der Waals surface area contributed by atoms with Crippen LogP contribution < -0.4 is 16.0 Å². The molecule has 0 amide bonds. The van der Waals surface area contributed by atoms with E-state index in [1.807, 2.05) is 45.6 Å². The average molecular weight is 377 g/mol. The maximum atomic E-state index is 6.40. The van der Waals surface area contributed by atoms with Gasteiger partial charge in [-0.2, -0.15) is 0 Å². The van der Waals surface area contributed by atoms with Crippen molar-refractivity contribution in [2.75, 3.05) is 23.8 Å². The zero-order valence-corrected chi connectivity index (χ0v) is 16.9. The monoisotopic (exact) mass is 377 g/mol. The van der Waals surface area contributed by atoms with E-state index in [9.17, 15) is 0 Å². The van der Waals surface area contributed by atoms with Crippen LogP contribution in [-0.4, -0.2) is 39.6 Å². The topological polar surface area (TPSA) is 92.8 Å². The number of rotatable bonds is 5. The number of pyridine rings is 2. The van der Waals surface area contributed by atoms with Gasteiger partial charge in [-0.1, -0.05) is 0 Å². The lowest BCUT2D eigenvalue weighted by atomic mass is 9.92. The summed E-state index contributed by atoms with van der Waals surface area (Å²) in [5, 5.41) is 5.18. The van der Waals surface area contributed by atoms with Crippen LogP contribution in [0.25, 0.3) is 10.8 Å². The van der Waals surface area contributed by atoms with Gasteiger partial charge in [0, 0.05) is 61.3 Å². The quantitative estimate of drug-likeness (QED) is 0.706. The molecular weight excluding hydrogens is 350 g/mol. The fourth-order valence-corrected chi connectivity index (χ4v) is 3.61. The van der Waals surface area contributed by atoms with Gasteiger partial charge in [-0.05, 0) is 50.3 Å². The van der Waals surface area contributed by atoms with Gasteiger partial charge in [0.2, 0.25) is 5.95 Å². The highest BCUT2D eigenvalue weighted by Crippen LogP contribution is 2.30. The van der Waals surface area contributed by atoms with E-state index in [0.29, 0.717) is 12.5 Å². The molecule has 0 aromatic carbocycles. The average Bonchev–Trinajstić information content (AvgIpc) is 2.65. The van der Waals surface area contributed by atoms with E-state index in [1.165, 1.54) is 6.42 Å². The first-order chi connectivity index (χ1) is 13.4. The van der Waals surface area contributed by atoms with Crippen molar-refractivity contribution in [3.63, 3.8) is 0 Å². The second-order valence-electron chi connectivity index (χ2n) is 8.07. The van der Waals surface area contributed by atoms with Crippen molar-refractivity contribution in [1.82, 2.24) is 19.9 Å². The first-order valence-corrected chi connectivity index (χ1v) is 9.70. The van der Waals surface area contributed by atoms with Gasteiger partial charge < -0.3 is 16.0 Å². The number of nitrogens with one attached hydrogen (secondary N) is 1. The van der Waals surface area contributed by atoms with Crippen LogP contribution in [-0.2, 0) is 12.0 Å². The molecule has 3 N–H and O–H groups in total. The number of hydrogen-bond donors (Lipinski definition) is 2. The molecule has 7 nitrogen and oxygen atoms in total. The third-order valence-electron chi connectivity index (χ3n) is 5.40. The highest BCUT2D eigenvalue weighted by atomic mass is 15.3. The summed E-state index contributed by atoms with van der Waals surface area (Å²) in [5.74, 6) is 1.61. The highest BCUT2D eigenvalue weighted by Gasteiger charge is 2.26. The van der Waals surface area contributed by atoms with Crippen molar-refractivity contribution < 1.29 is 0 Å². The molecule has 0 spiro atoms. The van der Waals surface area contributed by atoms with Crippen molar-refractivity contribution in [3.05, 3.63) is 47.7 Å². The van der Waals surface area contributed by atoms with Crippen molar-refractivity contribution in [2.45, 2.75) is 45.2 Å². The molecule has 0 radical (unpaired) electrons. The maximum absolute atomic E-state index is 6.40. The standard InChI is InChI=1S/C21H27N7/c1-13-6-8-28(13)20-24-7-5-14(27-20)9-15-10-16-17(11-25-15)19(23-4)26-12-18(16)21(2,3)22/h5,7,10-13H,6,8-9,22H2,1-4H3,(H,23,26)/t13-/m0/s1. The molecule has 0 bridgehead atoms. The molecule has 146 valence electrons. The predicted octanol–water partition coefficient (Wildman–Crippen LogP) is 2.84. The minimum absolute atomic E-state index is 0.494. The fourth-order valence-electron chi connectivity index (χ4n) is 3.61. The zero-order chi connectivity index (χ0) is 19.9. The molecule has 0 saturated carbocycles. The normalized spacial score (nSPS) is 16.9. The van der Waals surface area contributed by atoms with E-state index in [4.69, 9.17) is 10.7 Å². The molecule has 1 aliphatic rings. The van der Waals surface area contributed by atoms with Crippen LogP contribution in [0.2, 0.25) is 0 Å². The Bertz CT molecular complexity index is 1010. The second kappa shape index (κ2) is 6.98. The molecule has 0 aliphatic carbocycles. The fraction of sp³-hybridized carbons (Fsp3) is 0.429. The van der Waals surface area contributed by atoms with Gasteiger partial charge in [0.25, 0.3) is 0 Å². The molecule has 3 aromatic heterocycles. The maximum Gasteiger partial charge on any atom is 0.225 e. The molecule has 7 heteroatoms. The van der Waals surface area contributed by atoms with Crippen molar-refractivity contribution in [3.8, 4) is 0 Å². The summed E-state index contributed by atoms with van der Waals surface area (Å²) >= 11 is 0. The Labute approximate surface area is 165 Å². The Balaban J connectivity index is 1.71. The van der Waals surface area contributed by atoms with Crippen molar-refractivity contribution >= 4 is 22.5 Å². The summed E-state index contributed by atoms with van der Waals surface area (Å²) in [7, 11) is 1.86. The first-order valence-electron chi connectivity index (χ1n) is 9.70. The van der Waals surface area contributed by atoms with Crippen LogP contribution in [0.15, 0.2) is 30.7 Å². The van der Waals surface area contributed by atoms with E-state index in [0.717, 1.165) is 46.0 Å². The third kappa shape index (κ3) is 3.38. The van der Waals surface area contributed by atoms with E-state index in [2.05, 4.69) is 38.2 Å². The lowest BCUT2D eigenvalue weighted by molar-refractivity contribution is 0.470. The first kappa shape index (κ1) is 18.6. The Morgan fingerprint density at radius 1 is 1.18 bits per heavy atom. The Kier molecular flexibility index (Phi) is 4.63. The summed E-state index contributed by atoms with van der Waals surface area (Å²) in [6.07, 6.45) is 7.40. The highest BCUT2D eigenvalue weighted by molar-refractivity contribution is 5.94. The Morgan fingerprint density at radius 2 is 2.00 bits per heavy atom. The minimum atomic E-state index is -0.494. The molecular formula is C21H27N7. The molecule has 1 saturated heterocycles. The van der Waals surface area contributed by atoms with Crippen molar-refractivity contribution in [2.24, 2.45) is 5.73 Å². The number of anilines is 2. The Morgan fingerprint density at radius 3 is 2.64 bits per heavy atom. The minimum Gasteiger partial charge on any atom is -0.373 e. The van der Waals surface area contributed by atoms with Gasteiger partial charge in [-0.3, -0.25) is 4.98 Å². The third-order valence-corrected chi connectivity index (χ3v) is 5.40. The van der Waals surface area contributed by atoms with Crippen LogP contribution in [0, 0.1) is 0 Å². The van der Waals surface area contributed by atoms with Gasteiger partial charge in [0.1, 0.15) is 5.82 Å². The summed E-state index contributed by atoms with van der Waals surface area (Å²) in [6, 6.07) is 4.57. The molecule has 4 rings (SSSR count). The second-order valence-corrected chi connectivity index (χ2v) is 8.07. The van der Waals surface area contributed by atoms with Gasteiger partial charge in [0.05, 0.1) is 5.69 Å². The smallest absolute Gasteiger partial charge is 0.225 e. The number of nitrogens with two attached hydrogens (primary N) is 1. The van der Waals surface area contributed by atoms with Crippen LogP contribution in [0.3, 0.4) is 0 Å².